The van der Waals surface area contributed by atoms with Gasteiger partial charge < -0.3 is 14.6 Å². The lowest BCUT2D eigenvalue weighted by Crippen LogP contribution is -2.18. The first-order valence-corrected chi connectivity index (χ1v) is 8.27. The van der Waals surface area contributed by atoms with E-state index in [1.165, 1.54) is 12.2 Å². The lowest BCUT2D eigenvalue weighted by Gasteiger charge is -2.17. The van der Waals surface area contributed by atoms with Gasteiger partial charge in [0.05, 0.1) is 29.2 Å². The van der Waals surface area contributed by atoms with E-state index in [0.29, 0.717) is 0 Å². The first kappa shape index (κ1) is 18.4. The molecule has 25 heavy (non-hydrogen) atoms. The zero-order chi connectivity index (χ0) is 18.6. The molecule has 1 aliphatic carbocycles. The molecule has 0 saturated carbocycles. The summed E-state index contributed by atoms with van der Waals surface area (Å²) in [6, 6.07) is 4.01. The minimum atomic E-state index is -4.25. The molecule has 132 valence electrons. The Balaban J connectivity index is 2.58. The van der Waals surface area contributed by atoms with Crippen LogP contribution in [0.4, 0.5) is 4.39 Å². The summed E-state index contributed by atoms with van der Waals surface area (Å²) in [4.78, 5) is 11.3. The van der Waals surface area contributed by atoms with Crippen molar-refractivity contribution in [3.05, 3.63) is 65.4 Å². The van der Waals surface area contributed by atoms with Crippen LogP contribution in [0.1, 0.15) is 0 Å². The third kappa shape index (κ3) is 4.13. The molecule has 0 spiro atoms. The average molecular weight is 366 g/mol. The van der Waals surface area contributed by atoms with Crippen LogP contribution in [0.2, 0.25) is 0 Å². The van der Waals surface area contributed by atoms with Gasteiger partial charge in [-0.1, -0.05) is 6.08 Å². The predicted molar refractivity (Wildman–Crippen MR) is 84.3 cm³/mol. The van der Waals surface area contributed by atoms with Crippen molar-refractivity contribution in [2.45, 2.75) is 4.90 Å². The highest BCUT2D eigenvalue weighted by atomic mass is 32.2. The van der Waals surface area contributed by atoms with Gasteiger partial charge in [0.15, 0.2) is 0 Å². The number of carbonyl (C=O) groups is 1. The molecule has 0 unspecified atom stereocenters. The molecular formula is C16H13FNO6S-. The SMILES string of the molecule is COC(=O)C1=CC(=NS(=O)(=O)c2ccc(F)cc2)C(=C([O-])OC)C=C1. The van der Waals surface area contributed by atoms with E-state index in [-0.39, 0.29) is 21.8 Å². The highest BCUT2D eigenvalue weighted by molar-refractivity contribution is 7.90. The molecule has 0 fully saturated rings. The Kier molecular flexibility index (Phi) is 5.38. The molecule has 0 aliphatic heterocycles. The van der Waals surface area contributed by atoms with E-state index in [1.54, 1.807) is 0 Å². The van der Waals surface area contributed by atoms with Gasteiger partial charge in [-0.25, -0.2) is 9.18 Å². The van der Waals surface area contributed by atoms with Crippen LogP contribution in [0.25, 0.3) is 0 Å². The van der Waals surface area contributed by atoms with Gasteiger partial charge in [-0.2, -0.15) is 12.8 Å². The summed E-state index contributed by atoms with van der Waals surface area (Å²) in [7, 11) is -1.97. The molecule has 0 atom stereocenters. The zero-order valence-electron chi connectivity index (χ0n) is 13.2. The molecule has 0 aromatic heterocycles. The van der Waals surface area contributed by atoms with Crippen LogP contribution >= 0.6 is 0 Å². The molecule has 0 heterocycles. The van der Waals surface area contributed by atoms with Gasteiger partial charge in [-0.15, -0.1) is 0 Å². The number of hydrogen-bond acceptors (Lipinski definition) is 6. The van der Waals surface area contributed by atoms with E-state index >= 15 is 0 Å². The highest BCUT2D eigenvalue weighted by Crippen LogP contribution is 2.21. The second-order valence-electron chi connectivity index (χ2n) is 4.74. The average Bonchev–Trinajstić information content (AvgIpc) is 2.60. The number of halogens is 1. The number of methoxy groups -OCH3 is 2. The molecule has 1 aromatic carbocycles. The van der Waals surface area contributed by atoms with E-state index in [0.717, 1.165) is 44.6 Å². The fraction of sp³-hybridized carbons (Fsp3) is 0.125. The smallest absolute Gasteiger partial charge is 0.337 e. The molecule has 2 rings (SSSR count). The van der Waals surface area contributed by atoms with Crippen molar-refractivity contribution >= 4 is 21.7 Å². The third-order valence-corrected chi connectivity index (χ3v) is 4.46. The first-order valence-electron chi connectivity index (χ1n) is 6.83. The van der Waals surface area contributed by atoms with Crippen molar-refractivity contribution in [2.24, 2.45) is 4.40 Å². The first-order chi connectivity index (χ1) is 11.8. The quantitative estimate of drug-likeness (QED) is 0.578. The maximum atomic E-state index is 13.0. The standard InChI is InChI=1S/C16H14FNO6S/c1-23-15(19)10-3-8-13(16(20)24-2)14(9-10)18-25(21,22)12-6-4-11(17)5-7-12/h3-9,20H,1-2H3/p-1. The van der Waals surface area contributed by atoms with Crippen LogP contribution in [0.15, 0.2) is 68.9 Å². The summed E-state index contributed by atoms with van der Waals surface area (Å²) in [6.07, 6.45) is 3.58. The minimum absolute atomic E-state index is 0.00297. The maximum Gasteiger partial charge on any atom is 0.337 e. The Morgan fingerprint density at radius 1 is 1.12 bits per heavy atom. The number of esters is 1. The number of hydrogen-bond donors (Lipinski definition) is 0. The number of nitrogens with zero attached hydrogens (tertiary/aromatic N) is 1. The normalized spacial score (nSPS) is 17.9. The largest absolute Gasteiger partial charge is 0.616 e. The van der Waals surface area contributed by atoms with Crippen molar-refractivity contribution in [3.8, 4) is 0 Å². The van der Waals surface area contributed by atoms with E-state index in [1.807, 2.05) is 0 Å². The second kappa shape index (κ2) is 7.31. The number of sulfonamides is 1. The molecular weight excluding hydrogens is 353 g/mol. The Hall–Kier alpha value is -2.94. The minimum Gasteiger partial charge on any atom is -0.616 e. The van der Waals surface area contributed by atoms with Crippen LogP contribution in [-0.4, -0.2) is 34.3 Å². The summed E-state index contributed by atoms with van der Waals surface area (Å²) in [5.41, 5.74) is -0.442. The summed E-state index contributed by atoms with van der Waals surface area (Å²) in [5.74, 6) is -2.17. The molecule has 0 saturated heterocycles. The monoisotopic (exact) mass is 366 g/mol. The fourth-order valence-electron chi connectivity index (χ4n) is 1.92. The van der Waals surface area contributed by atoms with Crippen molar-refractivity contribution in [1.29, 1.82) is 0 Å². The molecule has 1 aromatic rings. The third-order valence-electron chi connectivity index (χ3n) is 3.15. The molecule has 1 aliphatic rings. The van der Waals surface area contributed by atoms with E-state index < -0.39 is 27.8 Å². The van der Waals surface area contributed by atoms with E-state index in [4.69, 9.17) is 0 Å². The Morgan fingerprint density at radius 3 is 2.32 bits per heavy atom. The number of rotatable bonds is 4. The van der Waals surface area contributed by atoms with E-state index in [9.17, 15) is 22.7 Å². The van der Waals surface area contributed by atoms with Gasteiger partial charge in [0.2, 0.25) is 0 Å². The van der Waals surface area contributed by atoms with Crippen LogP contribution in [0, 0.1) is 5.82 Å². The zero-order valence-corrected chi connectivity index (χ0v) is 14.0. The fourth-order valence-corrected chi connectivity index (χ4v) is 2.92. The topological polar surface area (TPSA) is 105 Å². The Morgan fingerprint density at radius 2 is 1.76 bits per heavy atom. The van der Waals surface area contributed by atoms with Gasteiger partial charge >= 0.3 is 5.97 Å². The lowest BCUT2D eigenvalue weighted by molar-refractivity contribution is -0.354. The Bertz CT molecular complexity index is 910. The molecule has 0 amide bonds. The summed E-state index contributed by atoms with van der Waals surface area (Å²) in [5, 5.41) is 11.8. The second-order valence-corrected chi connectivity index (χ2v) is 6.34. The van der Waals surface area contributed by atoms with Crippen LogP contribution in [0.5, 0.6) is 0 Å². The number of allylic oxidation sites excluding steroid dienone is 3. The molecule has 0 N–H and O–H groups in total. The van der Waals surface area contributed by atoms with Crippen molar-refractivity contribution < 1.29 is 32.2 Å². The Labute approximate surface area is 143 Å². The molecule has 7 nitrogen and oxygen atoms in total. The van der Waals surface area contributed by atoms with Crippen LogP contribution < -0.4 is 5.11 Å². The summed E-state index contributed by atoms with van der Waals surface area (Å²) >= 11 is 0. The molecule has 9 heteroatoms. The molecule has 0 radical (unpaired) electrons. The van der Waals surface area contributed by atoms with Crippen molar-refractivity contribution in [2.75, 3.05) is 14.2 Å². The van der Waals surface area contributed by atoms with Crippen LogP contribution in [0.3, 0.4) is 0 Å². The van der Waals surface area contributed by atoms with Gasteiger partial charge in [-0.05, 0) is 43.5 Å². The number of carbonyl (C=O) groups excluding carboxylic acids is 1. The molecule has 0 bridgehead atoms. The summed E-state index contributed by atoms with van der Waals surface area (Å²) < 4.78 is 50.4. The van der Waals surface area contributed by atoms with Gasteiger partial charge in [0.1, 0.15) is 5.82 Å². The van der Waals surface area contributed by atoms with Crippen molar-refractivity contribution in [3.63, 3.8) is 0 Å². The van der Waals surface area contributed by atoms with Gasteiger partial charge in [0.25, 0.3) is 10.0 Å². The van der Waals surface area contributed by atoms with Crippen molar-refractivity contribution in [1.82, 2.24) is 0 Å². The van der Waals surface area contributed by atoms with Gasteiger partial charge in [0, 0.05) is 5.57 Å². The summed E-state index contributed by atoms with van der Waals surface area (Å²) in [6.45, 7) is 0. The lowest BCUT2D eigenvalue weighted by atomic mass is 10.0. The highest BCUT2D eigenvalue weighted by Gasteiger charge is 2.20. The van der Waals surface area contributed by atoms with Crippen LogP contribution in [-0.2, 0) is 24.3 Å². The van der Waals surface area contributed by atoms with E-state index in [2.05, 4.69) is 13.9 Å². The van der Waals surface area contributed by atoms with Gasteiger partial charge in [-0.3, -0.25) is 0 Å². The maximum absolute atomic E-state index is 13.0. The number of ether oxygens (including phenoxy) is 2. The number of benzene rings is 1. The predicted octanol–water partition coefficient (Wildman–Crippen LogP) is 0.843.